The summed E-state index contributed by atoms with van der Waals surface area (Å²) in [6.45, 7) is 4.22. The maximum atomic E-state index is 13.0. The van der Waals surface area contributed by atoms with Crippen molar-refractivity contribution in [1.29, 1.82) is 0 Å². The fraction of sp³-hybridized carbons (Fsp3) is 0.533. The minimum Gasteiger partial charge on any atom is -0.462 e. The predicted molar refractivity (Wildman–Crippen MR) is 90.3 cm³/mol. The minimum atomic E-state index is -2.97. The van der Waals surface area contributed by atoms with Crippen molar-refractivity contribution in [3.8, 4) is 0 Å². The van der Waals surface area contributed by atoms with Gasteiger partial charge in [0.05, 0.1) is 6.10 Å². The number of hydrogen-bond donors (Lipinski definition) is 1. The predicted octanol–water partition coefficient (Wildman–Crippen LogP) is 3.81. The van der Waals surface area contributed by atoms with Gasteiger partial charge >= 0.3 is 5.97 Å². The molecule has 1 aromatic carbocycles. The molecule has 0 fully saturated rings. The molecule has 7 heteroatoms. The van der Waals surface area contributed by atoms with E-state index in [1.807, 2.05) is 31.2 Å². The zero-order valence-corrected chi connectivity index (χ0v) is 15.4. The van der Waals surface area contributed by atoms with E-state index >= 15 is 0 Å². The quantitative estimate of drug-likeness (QED) is 0.571. The fourth-order valence-corrected chi connectivity index (χ4v) is 6.02. The first-order chi connectivity index (χ1) is 10.3. The summed E-state index contributed by atoms with van der Waals surface area (Å²) < 4.78 is 23.2. The number of esters is 1. The Labute approximate surface area is 136 Å². The molecule has 1 unspecified atom stereocenters. The Morgan fingerprint density at radius 2 is 1.86 bits per heavy atom. The molecule has 0 radical (unpaired) electrons. The van der Waals surface area contributed by atoms with Crippen molar-refractivity contribution in [1.82, 2.24) is 5.09 Å². The Hall–Kier alpha value is -0.810. The van der Waals surface area contributed by atoms with Crippen molar-refractivity contribution >= 4 is 23.8 Å². The van der Waals surface area contributed by atoms with Crippen LogP contribution in [0.3, 0.4) is 0 Å². The highest BCUT2D eigenvalue weighted by Gasteiger charge is 2.29. The second-order valence-electron chi connectivity index (χ2n) is 5.33. The molecule has 0 heterocycles. The molecule has 22 heavy (non-hydrogen) atoms. The van der Waals surface area contributed by atoms with Crippen molar-refractivity contribution < 1.29 is 18.8 Å². The van der Waals surface area contributed by atoms with Gasteiger partial charge in [0.15, 0.2) is 0 Å². The van der Waals surface area contributed by atoms with E-state index < -0.39 is 18.5 Å². The van der Waals surface area contributed by atoms with Crippen molar-refractivity contribution in [3.63, 3.8) is 0 Å². The van der Waals surface area contributed by atoms with Gasteiger partial charge in [-0.15, -0.1) is 0 Å². The van der Waals surface area contributed by atoms with Gasteiger partial charge in [-0.05, 0) is 51.2 Å². The number of rotatable bonds is 8. The number of hydrogen-bond acceptors (Lipinski definition) is 5. The van der Waals surface area contributed by atoms with Crippen LogP contribution in [0.15, 0.2) is 29.2 Å². The molecule has 0 amide bonds. The van der Waals surface area contributed by atoms with Crippen LogP contribution < -0.4 is 5.09 Å². The second-order valence-corrected chi connectivity index (χ2v) is 10.2. The van der Waals surface area contributed by atoms with Crippen LogP contribution in [0.5, 0.6) is 0 Å². The summed E-state index contributed by atoms with van der Waals surface area (Å²) in [4.78, 5) is 12.7. The lowest BCUT2D eigenvalue weighted by Gasteiger charge is -2.22. The van der Waals surface area contributed by atoms with E-state index in [1.54, 1.807) is 20.8 Å². The number of nitrogens with one attached hydrogen (secondary N) is 1. The van der Waals surface area contributed by atoms with E-state index in [0.717, 1.165) is 10.5 Å². The number of aryl methyl sites for hydroxylation is 1. The first-order valence-corrected chi connectivity index (χ1v) is 10.4. The van der Waals surface area contributed by atoms with Crippen LogP contribution in [-0.2, 0) is 18.8 Å². The summed E-state index contributed by atoms with van der Waals surface area (Å²) >= 11 is 1.20. The highest BCUT2D eigenvalue weighted by molar-refractivity contribution is 8.57. The smallest absolute Gasteiger partial charge is 0.323 e. The van der Waals surface area contributed by atoms with Crippen LogP contribution in [0.2, 0.25) is 0 Å². The van der Waals surface area contributed by atoms with E-state index in [1.165, 1.54) is 18.5 Å². The van der Waals surface area contributed by atoms with E-state index in [0.29, 0.717) is 0 Å². The van der Waals surface area contributed by atoms with Gasteiger partial charge in [0.2, 0.25) is 6.49 Å². The average molecular weight is 345 g/mol. The molecule has 0 bridgehead atoms. The van der Waals surface area contributed by atoms with Crippen molar-refractivity contribution in [2.24, 2.45) is 0 Å². The zero-order valence-electron chi connectivity index (χ0n) is 13.7. The highest BCUT2D eigenvalue weighted by Crippen LogP contribution is 2.58. The first kappa shape index (κ1) is 19.2. The van der Waals surface area contributed by atoms with Gasteiger partial charge in [-0.25, -0.2) is 5.09 Å². The lowest BCUT2D eigenvalue weighted by Crippen LogP contribution is -2.34. The molecule has 0 aromatic heterocycles. The molecule has 1 aromatic rings. The topological polar surface area (TPSA) is 64.6 Å². The first-order valence-electron chi connectivity index (χ1n) is 7.08. The lowest BCUT2D eigenvalue weighted by atomic mass is 10.2. The van der Waals surface area contributed by atoms with Crippen molar-refractivity contribution in [3.05, 3.63) is 29.8 Å². The maximum Gasteiger partial charge on any atom is 0.323 e. The number of benzene rings is 1. The van der Waals surface area contributed by atoms with Gasteiger partial charge in [-0.3, -0.25) is 9.36 Å². The molecule has 1 rings (SSSR count). The van der Waals surface area contributed by atoms with Crippen LogP contribution in [-0.4, -0.2) is 31.6 Å². The van der Waals surface area contributed by atoms with Gasteiger partial charge < -0.3 is 9.47 Å². The average Bonchev–Trinajstić information content (AvgIpc) is 2.40. The third-order valence-corrected chi connectivity index (χ3v) is 6.98. The van der Waals surface area contributed by atoms with Crippen molar-refractivity contribution in [2.45, 2.75) is 44.7 Å². The minimum absolute atomic E-state index is 0.0326. The molecule has 0 saturated heterocycles. The molecule has 5 nitrogen and oxygen atoms in total. The molecule has 0 aliphatic heterocycles. The number of methoxy groups -OCH3 is 1. The van der Waals surface area contributed by atoms with Crippen LogP contribution in [0.1, 0.15) is 26.3 Å². The molecule has 0 spiro atoms. The largest absolute Gasteiger partial charge is 0.462 e. The highest BCUT2D eigenvalue weighted by atomic mass is 32.7. The summed E-state index contributed by atoms with van der Waals surface area (Å²) in [6.07, 6.45) is -0.173. The molecule has 0 aliphatic carbocycles. The molecule has 0 saturated carbocycles. The standard InChI is InChI=1S/C15H24NO4PS/c1-11(2)20-15(17)13(4)16-21(18,10-19-5)22-14-8-6-12(3)7-9-14/h6-9,11,13H,10H2,1-5H3,(H,16,18)/t13-,21?/m0/s1. The Morgan fingerprint density at radius 3 is 2.36 bits per heavy atom. The molecular weight excluding hydrogens is 321 g/mol. The number of carbonyl (C=O) groups excluding carboxylic acids is 1. The zero-order chi connectivity index (χ0) is 16.8. The molecule has 2 atom stereocenters. The monoisotopic (exact) mass is 345 g/mol. The molecular formula is C15H24NO4PS. The third kappa shape index (κ3) is 6.53. The summed E-state index contributed by atoms with van der Waals surface area (Å²) in [5, 5.41) is 2.88. The normalized spacial score (nSPS) is 15.4. The summed E-state index contributed by atoms with van der Waals surface area (Å²) in [5.74, 6) is -0.421. The lowest BCUT2D eigenvalue weighted by molar-refractivity contribution is -0.148. The third-order valence-electron chi connectivity index (χ3n) is 2.67. The van der Waals surface area contributed by atoms with E-state index in [9.17, 15) is 9.36 Å². The van der Waals surface area contributed by atoms with Gasteiger partial charge in [0.25, 0.3) is 0 Å². The van der Waals surface area contributed by atoms with Crippen LogP contribution in [0.4, 0.5) is 0 Å². The van der Waals surface area contributed by atoms with Crippen molar-refractivity contribution in [2.75, 3.05) is 13.5 Å². The van der Waals surface area contributed by atoms with Gasteiger partial charge in [-0.1, -0.05) is 17.7 Å². The van der Waals surface area contributed by atoms with E-state index in [4.69, 9.17) is 9.47 Å². The van der Waals surface area contributed by atoms with E-state index in [-0.39, 0.29) is 12.5 Å². The van der Waals surface area contributed by atoms with E-state index in [2.05, 4.69) is 5.09 Å². The Bertz CT molecular complexity index is 533. The van der Waals surface area contributed by atoms with Gasteiger partial charge in [0.1, 0.15) is 12.4 Å². The second kappa shape index (κ2) is 8.73. The van der Waals surface area contributed by atoms with Crippen LogP contribution in [0, 0.1) is 6.92 Å². The molecule has 0 aliphatic rings. The van der Waals surface area contributed by atoms with Crippen LogP contribution >= 0.6 is 17.9 Å². The van der Waals surface area contributed by atoms with Gasteiger partial charge in [-0.2, -0.15) is 0 Å². The summed E-state index contributed by atoms with van der Waals surface area (Å²) in [7, 11) is 1.49. The van der Waals surface area contributed by atoms with Gasteiger partial charge in [0, 0.05) is 12.0 Å². The Kier molecular flexibility index (Phi) is 7.63. The van der Waals surface area contributed by atoms with Crippen LogP contribution in [0.25, 0.3) is 0 Å². The maximum absolute atomic E-state index is 13.0. The number of carbonyl (C=O) groups is 1. The Morgan fingerprint density at radius 1 is 1.27 bits per heavy atom. The molecule has 124 valence electrons. The fourth-order valence-electron chi connectivity index (χ4n) is 1.71. The molecule has 1 N–H and O–H groups in total. The Balaban J connectivity index is 2.79. The number of ether oxygens (including phenoxy) is 2. The SMILES string of the molecule is COCP(=O)(N[C@@H](C)C(=O)OC(C)C)Sc1ccc(C)cc1. The summed E-state index contributed by atoms with van der Waals surface area (Å²) in [6, 6.07) is 7.05. The summed E-state index contributed by atoms with van der Waals surface area (Å²) in [5.41, 5.74) is 1.13.